The topological polar surface area (TPSA) is 211 Å². The molecule has 0 amide bonds. The molecule has 0 radical (unpaired) electrons. The zero-order valence-electron chi connectivity index (χ0n) is 38.0. The van der Waals surface area contributed by atoms with Crippen molar-refractivity contribution in [3.05, 3.63) is 125 Å². The molecule has 0 saturated carbocycles. The molecule has 1 aromatic carbocycles. The lowest BCUT2D eigenvalue weighted by Gasteiger charge is -2.25. The first-order chi connectivity index (χ1) is 29.7. The fourth-order valence-corrected chi connectivity index (χ4v) is 6.77. The van der Waals surface area contributed by atoms with Crippen LogP contribution in [-0.2, 0) is 19.1 Å². The van der Waals surface area contributed by atoms with Crippen LogP contribution in [0.3, 0.4) is 0 Å². The number of aliphatic hydroxyl groups is 6. The molecule has 0 bridgehead atoms. The summed E-state index contributed by atoms with van der Waals surface area (Å²) in [5.74, 6) is -1.23. The number of esters is 2. The minimum absolute atomic E-state index is 0.0808. The number of rotatable bonds is 17. The van der Waals surface area contributed by atoms with Gasteiger partial charge in [-0.2, -0.15) is 0 Å². The third kappa shape index (κ3) is 23.0. The lowest BCUT2D eigenvalue weighted by atomic mass is 9.94. The largest absolute Gasteiger partial charge is 0.478 e. The Morgan fingerprint density at radius 1 is 0.825 bits per heavy atom. The van der Waals surface area contributed by atoms with Crippen molar-refractivity contribution in [3.8, 4) is 0 Å². The van der Waals surface area contributed by atoms with Crippen LogP contribution >= 0.6 is 0 Å². The normalized spacial score (nSPS) is 23.0. The summed E-state index contributed by atoms with van der Waals surface area (Å²) < 4.78 is 11.6. The van der Waals surface area contributed by atoms with Crippen molar-refractivity contribution in [2.75, 3.05) is 0 Å². The predicted octanol–water partition coefficient (Wildman–Crippen LogP) is 7.66. The minimum Gasteiger partial charge on any atom is -0.478 e. The number of carboxylic acids is 1. The van der Waals surface area contributed by atoms with Crippen molar-refractivity contribution < 1.29 is 59.6 Å². The van der Waals surface area contributed by atoms with Gasteiger partial charge in [0.05, 0.1) is 42.2 Å². The highest BCUT2D eigenvalue weighted by Gasteiger charge is 2.24. The van der Waals surface area contributed by atoms with E-state index in [-0.39, 0.29) is 42.9 Å². The van der Waals surface area contributed by atoms with E-state index in [2.05, 4.69) is 26.8 Å². The quantitative estimate of drug-likeness (QED) is 0.0348. The number of carbonyl (C=O) groups excluding carboxylic acids is 2. The van der Waals surface area contributed by atoms with Crippen LogP contribution in [-0.4, -0.2) is 102 Å². The molecule has 1 aliphatic carbocycles. The molecular formula is C51H72O12. The van der Waals surface area contributed by atoms with E-state index in [1.54, 1.807) is 57.2 Å². The number of aliphatic hydroxyl groups excluding tert-OH is 6. The van der Waals surface area contributed by atoms with Gasteiger partial charge in [-0.15, -0.1) is 0 Å². The van der Waals surface area contributed by atoms with Crippen LogP contribution in [0.25, 0.3) is 6.08 Å². The first kappa shape index (κ1) is 54.4. The molecule has 12 heteroatoms. The Hall–Kier alpha value is -4.69. The number of benzene rings is 1. The van der Waals surface area contributed by atoms with Gasteiger partial charge >= 0.3 is 17.9 Å². The molecule has 3 rings (SSSR count). The van der Waals surface area contributed by atoms with E-state index >= 15 is 0 Å². The molecule has 9 unspecified atom stereocenters. The monoisotopic (exact) mass is 877 g/mol. The standard InChI is InChI=1S/C32H46O7.C19H26O5/c1-21(2)29-13-7-6-10-23(4)30(14-9-15-31(36)38-29)39-32(37)26-12-8-11-25(20-26)17-16-22(3)18-27(34)28(35)19-24(5)33;1-13(10-17(21)18(22)11-14(2)20)4-3-5-15-6-7-16(12-15)8-9-19(23)24/h6-8,11-12,16-18,20-21,23-24,27-30,33-35H,9-10,13-15,19H2,1-5H3;3-5,8-10,12,14,17-18,20-22H,6-7,11H2,1-2H3,(H,23,24). The molecule has 1 aromatic rings. The lowest BCUT2D eigenvalue weighted by molar-refractivity contribution is -0.151. The highest BCUT2D eigenvalue weighted by molar-refractivity contribution is 5.90. The van der Waals surface area contributed by atoms with Gasteiger partial charge in [0.15, 0.2) is 0 Å². The van der Waals surface area contributed by atoms with Gasteiger partial charge in [-0.1, -0.05) is 111 Å². The number of ether oxygens (including phenoxy) is 2. The van der Waals surface area contributed by atoms with E-state index in [1.165, 1.54) is 6.08 Å². The van der Waals surface area contributed by atoms with Crippen LogP contribution in [0.15, 0.2) is 113 Å². The molecule has 63 heavy (non-hydrogen) atoms. The van der Waals surface area contributed by atoms with Crippen molar-refractivity contribution in [1.82, 2.24) is 0 Å². The SMILES string of the molecule is CC(C=CC=C1C=C(C=CC(=O)O)CC1)=CC(O)C(O)CC(C)O.CC(C=Cc1cccc(C(=O)OC2CCCC(=O)OC(C(C)C)CC=CCC2C)c1)=CC(O)C(O)CC(C)O. The van der Waals surface area contributed by atoms with Gasteiger partial charge < -0.3 is 45.2 Å². The minimum atomic E-state index is -1.09. The Balaban J connectivity index is 0.000000487. The first-order valence-electron chi connectivity index (χ1n) is 22.0. The van der Waals surface area contributed by atoms with Crippen LogP contribution in [0.5, 0.6) is 0 Å². The van der Waals surface area contributed by atoms with E-state index in [9.17, 15) is 45.0 Å². The summed E-state index contributed by atoms with van der Waals surface area (Å²) in [4.78, 5) is 35.9. The lowest BCUT2D eigenvalue weighted by Crippen LogP contribution is -2.27. The molecule has 1 aliphatic heterocycles. The van der Waals surface area contributed by atoms with Crippen molar-refractivity contribution >= 4 is 24.0 Å². The Morgan fingerprint density at radius 3 is 2.05 bits per heavy atom. The van der Waals surface area contributed by atoms with Gasteiger partial charge in [-0.25, -0.2) is 9.59 Å². The van der Waals surface area contributed by atoms with Crippen molar-refractivity contribution in [1.29, 1.82) is 0 Å². The van der Waals surface area contributed by atoms with E-state index in [0.29, 0.717) is 31.2 Å². The Morgan fingerprint density at radius 2 is 1.44 bits per heavy atom. The number of aliphatic carboxylic acids is 1. The van der Waals surface area contributed by atoms with Crippen LogP contribution in [0.4, 0.5) is 0 Å². The molecule has 0 saturated heterocycles. The third-order valence-corrected chi connectivity index (χ3v) is 10.5. The molecular weight excluding hydrogens is 805 g/mol. The van der Waals surface area contributed by atoms with Gasteiger partial charge in [-0.05, 0) is 100 Å². The highest BCUT2D eigenvalue weighted by Crippen LogP contribution is 2.25. The molecule has 348 valence electrons. The summed E-state index contributed by atoms with van der Waals surface area (Å²) in [5.41, 5.74) is 4.85. The number of allylic oxidation sites excluding steroid dienone is 11. The molecule has 0 aromatic heterocycles. The predicted molar refractivity (Wildman–Crippen MR) is 246 cm³/mol. The summed E-state index contributed by atoms with van der Waals surface area (Å²) in [6.45, 7) is 12.9. The molecule has 1 heterocycles. The highest BCUT2D eigenvalue weighted by atomic mass is 16.5. The maximum Gasteiger partial charge on any atom is 0.338 e. The fourth-order valence-electron chi connectivity index (χ4n) is 6.77. The summed E-state index contributed by atoms with van der Waals surface area (Å²) in [5, 5.41) is 66.8. The van der Waals surface area contributed by atoms with Crippen LogP contribution in [0, 0.1) is 11.8 Å². The van der Waals surface area contributed by atoms with Crippen LogP contribution in [0.2, 0.25) is 0 Å². The number of carboxylic acid groups (broad SMARTS) is 1. The van der Waals surface area contributed by atoms with Gasteiger partial charge in [-0.3, -0.25) is 4.79 Å². The molecule has 12 nitrogen and oxygen atoms in total. The second-order valence-corrected chi connectivity index (χ2v) is 17.1. The Kier molecular flexibility index (Phi) is 25.0. The first-order valence-corrected chi connectivity index (χ1v) is 22.0. The van der Waals surface area contributed by atoms with Gasteiger partial charge in [0.25, 0.3) is 0 Å². The number of hydrogen-bond donors (Lipinski definition) is 7. The average molecular weight is 877 g/mol. The maximum atomic E-state index is 13.1. The van der Waals surface area contributed by atoms with Crippen LogP contribution < -0.4 is 0 Å². The van der Waals surface area contributed by atoms with Gasteiger partial charge in [0.2, 0.25) is 0 Å². The molecule has 0 spiro atoms. The van der Waals surface area contributed by atoms with Gasteiger partial charge in [0.1, 0.15) is 12.2 Å². The van der Waals surface area contributed by atoms with Crippen molar-refractivity contribution in [3.63, 3.8) is 0 Å². The summed E-state index contributed by atoms with van der Waals surface area (Å²) in [7, 11) is 0. The van der Waals surface area contributed by atoms with E-state index < -0.39 is 48.6 Å². The molecule has 0 fully saturated rings. The average Bonchev–Trinajstić information content (AvgIpc) is 3.66. The molecule has 9 atom stereocenters. The van der Waals surface area contributed by atoms with E-state index in [1.807, 2.05) is 49.4 Å². The Bertz CT molecular complexity index is 1840. The van der Waals surface area contributed by atoms with E-state index in [4.69, 9.17) is 14.6 Å². The third-order valence-electron chi connectivity index (χ3n) is 10.5. The van der Waals surface area contributed by atoms with Crippen molar-refractivity contribution in [2.24, 2.45) is 11.8 Å². The van der Waals surface area contributed by atoms with E-state index in [0.717, 1.165) is 53.2 Å². The second-order valence-electron chi connectivity index (χ2n) is 17.1. The fraction of sp³-hybridized carbons (Fsp3) is 0.510. The zero-order chi connectivity index (χ0) is 47.1. The summed E-state index contributed by atoms with van der Waals surface area (Å²) in [6, 6.07) is 7.10. The van der Waals surface area contributed by atoms with Crippen molar-refractivity contribution in [2.45, 2.75) is 155 Å². The number of cyclic esters (lactones) is 1. The summed E-state index contributed by atoms with van der Waals surface area (Å²) >= 11 is 0. The second kappa shape index (κ2) is 28.9. The maximum absolute atomic E-state index is 13.1. The molecule has 2 aliphatic rings. The smallest absolute Gasteiger partial charge is 0.338 e. The summed E-state index contributed by atoms with van der Waals surface area (Å²) in [6.07, 6.45) is 20.0. The Labute approximate surface area is 374 Å². The number of hydrogen-bond acceptors (Lipinski definition) is 11. The molecule has 7 N–H and O–H groups in total. The zero-order valence-corrected chi connectivity index (χ0v) is 38.0. The van der Waals surface area contributed by atoms with Gasteiger partial charge in [0, 0.05) is 31.8 Å². The number of carbonyl (C=O) groups is 3. The van der Waals surface area contributed by atoms with Crippen LogP contribution in [0.1, 0.15) is 122 Å².